The molecule has 2 heterocycles. The highest BCUT2D eigenvalue weighted by Crippen LogP contribution is 2.45. The van der Waals surface area contributed by atoms with Gasteiger partial charge in [0.25, 0.3) is 0 Å². The van der Waals surface area contributed by atoms with Crippen LogP contribution in [0.2, 0.25) is 0 Å². The van der Waals surface area contributed by atoms with E-state index >= 15 is 0 Å². The molecule has 2 nitrogen and oxygen atoms in total. The standard InChI is InChI=1S/C22H33NO/c1-15-12-21(18(4)17(3)16(15)2)19-6-10-23(11-7-19)20-13-22(24-14-20)8-5-9-22/h12,19-20H,5-11,13-14H2,1-4H3/t20-/m0/s1. The maximum Gasteiger partial charge on any atom is 0.0699 e. The van der Waals surface area contributed by atoms with Gasteiger partial charge in [0.05, 0.1) is 12.2 Å². The van der Waals surface area contributed by atoms with E-state index < -0.39 is 0 Å². The fraction of sp³-hybridized carbons (Fsp3) is 0.727. The maximum absolute atomic E-state index is 6.18. The van der Waals surface area contributed by atoms with Crippen molar-refractivity contribution in [2.24, 2.45) is 0 Å². The molecule has 1 saturated carbocycles. The highest BCUT2D eigenvalue weighted by atomic mass is 16.5. The molecule has 24 heavy (non-hydrogen) atoms. The van der Waals surface area contributed by atoms with Crippen LogP contribution >= 0.6 is 0 Å². The SMILES string of the molecule is Cc1cc(C2CCN([C@@H]3COC4(CCC4)C3)CC2)c(C)c(C)c1C. The summed E-state index contributed by atoms with van der Waals surface area (Å²) in [6, 6.07) is 3.16. The van der Waals surface area contributed by atoms with E-state index in [2.05, 4.69) is 38.7 Å². The molecule has 1 aromatic carbocycles. The third-order valence-corrected chi connectivity index (χ3v) is 7.46. The van der Waals surface area contributed by atoms with Crippen molar-refractivity contribution < 1.29 is 4.74 Å². The van der Waals surface area contributed by atoms with Crippen molar-refractivity contribution in [3.05, 3.63) is 33.9 Å². The van der Waals surface area contributed by atoms with Gasteiger partial charge in [-0.2, -0.15) is 0 Å². The van der Waals surface area contributed by atoms with Gasteiger partial charge in [0, 0.05) is 6.04 Å². The minimum absolute atomic E-state index is 0.295. The van der Waals surface area contributed by atoms with Gasteiger partial charge in [-0.3, -0.25) is 4.90 Å². The first-order valence-electron chi connectivity index (χ1n) is 9.94. The van der Waals surface area contributed by atoms with E-state index in [9.17, 15) is 0 Å². The lowest BCUT2D eigenvalue weighted by Crippen LogP contribution is -2.43. The molecule has 3 aliphatic rings. The van der Waals surface area contributed by atoms with Crippen LogP contribution in [0.3, 0.4) is 0 Å². The molecule has 132 valence electrons. The summed E-state index contributed by atoms with van der Waals surface area (Å²) in [6.45, 7) is 12.6. The molecule has 0 N–H and O–H groups in total. The summed E-state index contributed by atoms with van der Waals surface area (Å²) < 4.78 is 6.18. The van der Waals surface area contributed by atoms with E-state index in [1.54, 1.807) is 5.56 Å². The lowest BCUT2D eigenvalue weighted by molar-refractivity contribution is -0.0567. The maximum atomic E-state index is 6.18. The number of aryl methyl sites for hydroxylation is 1. The van der Waals surface area contributed by atoms with E-state index in [4.69, 9.17) is 4.74 Å². The molecule has 0 radical (unpaired) electrons. The van der Waals surface area contributed by atoms with Gasteiger partial charge in [-0.15, -0.1) is 0 Å². The smallest absolute Gasteiger partial charge is 0.0699 e. The lowest BCUT2D eigenvalue weighted by Gasteiger charge is -2.39. The summed E-state index contributed by atoms with van der Waals surface area (Å²) in [5.41, 5.74) is 7.89. The van der Waals surface area contributed by atoms with Crippen molar-refractivity contribution in [1.29, 1.82) is 0 Å². The molecule has 1 aliphatic carbocycles. The third kappa shape index (κ3) is 2.72. The molecule has 0 aromatic heterocycles. The van der Waals surface area contributed by atoms with E-state index in [1.807, 2.05) is 0 Å². The zero-order valence-corrected chi connectivity index (χ0v) is 16.0. The van der Waals surface area contributed by atoms with Gasteiger partial charge >= 0.3 is 0 Å². The average Bonchev–Trinajstić information content (AvgIpc) is 3.02. The molecule has 2 heteroatoms. The number of nitrogens with zero attached hydrogens (tertiary/aromatic N) is 1. The molecule has 0 bridgehead atoms. The van der Waals surface area contributed by atoms with Crippen molar-refractivity contribution in [2.75, 3.05) is 19.7 Å². The number of hydrogen-bond donors (Lipinski definition) is 0. The summed E-state index contributed by atoms with van der Waals surface area (Å²) in [5.74, 6) is 0.749. The Bertz CT molecular complexity index is 623. The Morgan fingerprint density at radius 1 is 1.00 bits per heavy atom. The molecule has 2 saturated heterocycles. The first-order valence-corrected chi connectivity index (χ1v) is 9.94. The molecule has 1 spiro atoms. The first kappa shape index (κ1) is 16.6. The normalized spacial score (nSPS) is 27.6. The average molecular weight is 328 g/mol. The van der Waals surface area contributed by atoms with Gasteiger partial charge in [0.15, 0.2) is 0 Å². The van der Waals surface area contributed by atoms with E-state index in [-0.39, 0.29) is 0 Å². The number of hydrogen-bond acceptors (Lipinski definition) is 2. The second kappa shape index (κ2) is 6.14. The summed E-state index contributed by atoms with van der Waals surface area (Å²) in [5, 5.41) is 0. The second-order valence-corrected chi connectivity index (χ2v) is 8.67. The van der Waals surface area contributed by atoms with Gasteiger partial charge in [-0.1, -0.05) is 6.07 Å². The third-order valence-electron chi connectivity index (χ3n) is 7.46. The Kier molecular flexibility index (Phi) is 4.25. The first-order chi connectivity index (χ1) is 11.5. The number of benzene rings is 1. The number of piperidine rings is 1. The molecule has 1 atom stereocenters. The van der Waals surface area contributed by atoms with Crippen LogP contribution in [0.25, 0.3) is 0 Å². The summed E-state index contributed by atoms with van der Waals surface area (Å²) in [6.07, 6.45) is 7.90. The van der Waals surface area contributed by atoms with E-state index in [0.717, 1.165) is 12.5 Å². The Labute approximate surface area is 147 Å². The van der Waals surface area contributed by atoms with Crippen LogP contribution in [0.5, 0.6) is 0 Å². The summed E-state index contributed by atoms with van der Waals surface area (Å²) in [7, 11) is 0. The Morgan fingerprint density at radius 2 is 1.71 bits per heavy atom. The minimum Gasteiger partial charge on any atom is -0.373 e. The molecular weight excluding hydrogens is 294 g/mol. The van der Waals surface area contributed by atoms with Crippen LogP contribution in [-0.2, 0) is 4.74 Å². The highest BCUT2D eigenvalue weighted by Gasteiger charge is 2.46. The Hall–Kier alpha value is -0.860. The van der Waals surface area contributed by atoms with E-state index in [1.165, 1.54) is 73.9 Å². The topological polar surface area (TPSA) is 12.5 Å². The molecule has 2 aliphatic heterocycles. The summed E-state index contributed by atoms with van der Waals surface area (Å²) >= 11 is 0. The van der Waals surface area contributed by atoms with Crippen molar-refractivity contribution in [3.8, 4) is 0 Å². The fourth-order valence-corrected chi connectivity index (χ4v) is 5.22. The second-order valence-electron chi connectivity index (χ2n) is 8.67. The molecule has 4 rings (SSSR count). The van der Waals surface area contributed by atoms with Gasteiger partial charge in [-0.25, -0.2) is 0 Å². The number of likely N-dealkylation sites (tertiary alicyclic amines) is 1. The lowest BCUT2D eigenvalue weighted by atomic mass is 9.77. The van der Waals surface area contributed by atoms with Gasteiger partial charge in [-0.05, 0) is 113 Å². The molecular formula is C22H33NO. The molecule has 1 aromatic rings. The van der Waals surface area contributed by atoms with Gasteiger partial charge in [0.2, 0.25) is 0 Å². The molecule has 3 fully saturated rings. The van der Waals surface area contributed by atoms with Gasteiger partial charge in [0.1, 0.15) is 0 Å². The van der Waals surface area contributed by atoms with Crippen molar-refractivity contribution >= 4 is 0 Å². The number of ether oxygens (including phenoxy) is 1. The van der Waals surface area contributed by atoms with Crippen LogP contribution < -0.4 is 0 Å². The predicted molar refractivity (Wildman–Crippen MR) is 99.9 cm³/mol. The van der Waals surface area contributed by atoms with Crippen LogP contribution in [0.1, 0.15) is 72.3 Å². The molecule has 0 unspecified atom stereocenters. The van der Waals surface area contributed by atoms with Crippen LogP contribution in [0.4, 0.5) is 0 Å². The minimum atomic E-state index is 0.295. The quantitative estimate of drug-likeness (QED) is 0.773. The molecule has 0 amide bonds. The predicted octanol–water partition coefficient (Wildman–Crippen LogP) is 4.81. The summed E-state index contributed by atoms with van der Waals surface area (Å²) in [4.78, 5) is 2.73. The zero-order chi connectivity index (χ0) is 16.9. The number of rotatable bonds is 2. The monoisotopic (exact) mass is 327 g/mol. The van der Waals surface area contributed by atoms with Crippen molar-refractivity contribution in [1.82, 2.24) is 4.90 Å². The van der Waals surface area contributed by atoms with Crippen LogP contribution in [0, 0.1) is 27.7 Å². The van der Waals surface area contributed by atoms with Gasteiger partial charge < -0.3 is 4.74 Å². The fourth-order valence-electron chi connectivity index (χ4n) is 5.22. The van der Waals surface area contributed by atoms with Crippen LogP contribution in [-0.4, -0.2) is 36.2 Å². The van der Waals surface area contributed by atoms with Crippen molar-refractivity contribution in [2.45, 2.75) is 83.8 Å². The van der Waals surface area contributed by atoms with Crippen LogP contribution in [0.15, 0.2) is 6.07 Å². The zero-order valence-electron chi connectivity index (χ0n) is 16.0. The highest BCUT2D eigenvalue weighted by molar-refractivity contribution is 5.45. The largest absolute Gasteiger partial charge is 0.373 e. The Morgan fingerprint density at radius 3 is 2.29 bits per heavy atom. The van der Waals surface area contributed by atoms with Crippen molar-refractivity contribution in [3.63, 3.8) is 0 Å². The van der Waals surface area contributed by atoms with E-state index in [0.29, 0.717) is 11.6 Å². The Balaban J connectivity index is 1.42.